The molecule has 2 aliphatic rings. The standard InChI is InChI=1S/C18H37N3/c1-14(2)12-20-8-10-21(11-9-20)13-16-6-7-17(19)15(3)18(16,4)5/h14-17H,6-13,19H2,1-5H3. The molecule has 0 radical (unpaired) electrons. The Hall–Kier alpha value is -0.120. The summed E-state index contributed by atoms with van der Waals surface area (Å²) in [4.78, 5) is 5.33. The molecule has 0 bridgehead atoms. The summed E-state index contributed by atoms with van der Waals surface area (Å²) < 4.78 is 0. The summed E-state index contributed by atoms with van der Waals surface area (Å²) in [5, 5.41) is 0. The van der Waals surface area contributed by atoms with E-state index in [9.17, 15) is 0 Å². The average Bonchev–Trinajstić information content (AvgIpc) is 2.41. The topological polar surface area (TPSA) is 32.5 Å². The highest BCUT2D eigenvalue weighted by atomic mass is 15.3. The number of piperazine rings is 1. The van der Waals surface area contributed by atoms with Gasteiger partial charge in [-0.2, -0.15) is 0 Å². The van der Waals surface area contributed by atoms with E-state index >= 15 is 0 Å². The first-order valence-electron chi connectivity index (χ1n) is 9.01. The Labute approximate surface area is 132 Å². The summed E-state index contributed by atoms with van der Waals surface area (Å²) in [5.41, 5.74) is 6.68. The Balaban J connectivity index is 1.83. The third kappa shape index (κ3) is 4.20. The van der Waals surface area contributed by atoms with E-state index in [2.05, 4.69) is 44.4 Å². The van der Waals surface area contributed by atoms with Gasteiger partial charge in [-0.25, -0.2) is 0 Å². The molecule has 1 aliphatic carbocycles. The molecule has 0 amide bonds. The third-order valence-electron chi connectivity index (χ3n) is 6.28. The van der Waals surface area contributed by atoms with Crippen LogP contribution in [0.4, 0.5) is 0 Å². The zero-order chi connectivity index (χ0) is 15.6. The van der Waals surface area contributed by atoms with Crippen molar-refractivity contribution in [2.24, 2.45) is 28.9 Å². The Bertz CT molecular complexity index is 318. The molecule has 3 heteroatoms. The number of nitrogens with zero attached hydrogens (tertiary/aromatic N) is 2. The van der Waals surface area contributed by atoms with Crippen molar-refractivity contribution in [2.75, 3.05) is 39.3 Å². The van der Waals surface area contributed by atoms with Crippen LogP contribution in [0.3, 0.4) is 0 Å². The largest absolute Gasteiger partial charge is 0.327 e. The van der Waals surface area contributed by atoms with Crippen molar-refractivity contribution in [3.8, 4) is 0 Å². The van der Waals surface area contributed by atoms with Crippen molar-refractivity contribution in [1.29, 1.82) is 0 Å². The molecule has 1 saturated heterocycles. The van der Waals surface area contributed by atoms with Crippen molar-refractivity contribution >= 4 is 0 Å². The predicted molar refractivity (Wildman–Crippen MR) is 91.4 cm³/mol. The number of hydrogen-bond acceptors (Lipinski definition) is 3. The molecule has 1 heterocycles. The highest BCUT2D eigenvalue weighted by Gasteiger charge is 2.42. The Kier molecular flexibility index (Phi) is 5.72. The Morgan fingerprint density at radius 2 is 1.62 bits per heavy atom. The quantitative estimate of drug-likeness (QED) is 0.865. The molecular weight excluding hydrogens is 258 g/mol. The van der Waals surface area contributed by atoms with Gasteiger partial charge >= 0.3 is 0 Å². The van der Waals surface area contributed by atoms with Crippen LogP contribution in [-0.4, -0.2) is 55.1 Å². The fourth-order valence-electron chi connectivity index (χ4n) is 4.25. The summed E-state index contributed by atoms with van der Waals surface area (Å²) in [6, 6.07) is 0.402. The molecule has 0 aromatic rings. The van der Waals surface area contributed by atoms with Crippen LogP contribution in [0.15, 0.2) is 0 Å². The maximum atomic E-state index is 6.29. The molecule has 3 atom stereocenters. The van der Waals surface area contributed by atoms with Gasteiger partial charge in [0.1, 0.15) is 0 Å². The molecule has 0 aromatic carbocycles. The number of rotatable bonds is 4. The fourth-order valence-corrected chi connectivity index (χ4v) is 4.25. The van der Waals surface area contributed by atoms with Crippen LogP contribution in [0.2, 0.25) is 0 Å². The highest BCUT2D eigenvalue weighted by Crippen LogP contribution is 2.44. The molecule has 124 valence electrons. The van der Waals surface area contributed by atoms with Gasteiger partial charge in [0.05, 0.1) is 0 Å². The van der Waals surface area contributed by atoms with Gasteiger partial charge in [-0.05, 0) is 36.0 Å². The van der Waals surface area contributed by atoms with E-state index < -0.39 is 0 Å². The smallest absolute Gasteiger partial charge is 0.0110 e. The third-order valence-corrected chi connectivity index (χ3v) is 6.28. The van der Waals surface area contributed by atoms with E-state index in [1.54, 1.807) is 0 Å². The lowest BCUT2D eigenvalue weighted by Crippen LogP contribution is -2.53. The minimum atomic E-state index is 0.382. The molecule has 2 fully saturated rings. The molecule has 3 unspecified atom stereocenters. The lowest BCUT2D eigenvalue weighted by molar-refractivity contribution is 0.0153. The van der Waals surface area contributed by atoms with Gasteiger partial charge in [0.25, 0.3) is 0 Å². The molecule has 0 spiro atoms. The van der Waals surface area contributed by atoms with E-state index in [1.807, 2.05) is 0 Å². The zero-order valence-corrected chi connectivity index (χ0v) is 14.9. The summed E-state index contributed by atoms with van der Waals surface area (Å²) in [6.45, 7) is 19.4. The lowest BCUT2D eigenvalue weighted by atomic mass is 9.61. The Morgan fingerprint density at radius 1 is 1.05 bits per heavy atom. The fraction of sp³-hybridized carbons (Fsp3) is 1.00. The van der Waals surface area contributed by atoms with E-state index in [4.69, 9.17) is 5.73 Å². The van der Waals surface area contributed by atoms with Crippen molar-refractivity contribution < 1.29 is 0 Å². The maximum Gasteiger partial charge on any atom is 0.0110 e. The van der Waals surface area contributed by atoms with Gasteiger partial charge in [0.15, 0.2) is 0 Å². The molecule has 2 N–H and O–H groups in total. The molecule has 2 rings (SSSR count). The van der Waals surface area contributed by atoms with Crippen molar-refractivity contribution in [3.63, 3.8) is 0 Å². The molecule has 1 saturated carbocycles. The van der Waals surface area contributed by atoms with E-state index in [-0.39, 0.29) is 0 Å². The summed E-state index contributed by atoms with van der Waals surface area (Å²) in [6.07, 6.45) is 2.52. The SMILES string of the molecule is CC(C)CN1CCN(CC2CCC(N)C(C)C2(C)C)CC1. The number of nitrogens with two attached hydrogens (primary N) is 1. The van der Waals surface area contributed by atoms with Gasteiger partial charge < -0.3 is 15.5 Å². The monoisotopic (exact) mass is 295 g/mol. The second-order valence-electron chi connectivity index (χ2n) is 8.54. The van der Waals surface area contributed by atoms with E-state index in [0.717, 1.165) is 11.8 Å². The molecular formula is C18H37N3. The first-order valence-corrected chi connectivity index (χ1v) is 9.01. The number of hydrogen-bond donors (Lipinski definition) is 1. The van der Waals surface area contributed by atoms with Gasteiger partial charge in [-0.15, -0.1) is 0 Å². The predicted octanol–water partition coefficient (Wildman–Crippen LogP) is 2.66. The zero-order valence-electron chi connectivity index (χ0n) is 14.9. The lowest BCUT2D eigenvalue weighted by Gasteiger charge is -2.49. The first-order chi connectivity index (χ1) is 9.80. The minimum absolute atomic E-state index is 0.382. The van der Waals surface area contributed by atoms with Crippen LogP contribution in [-0.2, 0) is 0 Å². The minimum Gasteiger partial charge on any atom is -0.327 e. The first kappa shape index (κ1) is 17.2. The second kappa shape index (κ2) is 6.97. The van der Waals surface area contributed by atoms with Crippen LogP contribution >= 0.6 is 0 Å². The van der Waals surface area contributed by atoms with Gasteiger partial charge in [-0.1, -0.05) is 34.6 Å². The van der Waals surface area contributed by atoms with E-state index in [0.29, 0.717) is 17.4 Å². The summed E-state index contributed by atoms with van der Waals surface area (Å²) in [7, 11) is 0. The second-order valence-corrected chi connectivity index (χ2v) is 8.54. The average molecular weight is 296 g/mol. The maximum absolute atomic E-state index is 6.29. The molecule has 0 aromatic heterocycles. The summed E-state index contributed by atoms with van der Waals surface area (Å²) >= 11 is 0. The normalized spacial score (nSPS) is 35.3. The van der Waals surface area contributed by atoms with Crippen molar-refractivity contribution in [1.82, 2.24) is 9.80 Å². The van der Waals surface area contributed by atoms with Crippen LogP contribution in [0.5, 0.6) is 0 Å². The van der Waals surface area contributed by atoms with Crippen LogP contribution in [0.1, 0.15) is 47.5 Å². The molecule has 21 heavy (non-hydrogen) atoms. The van der Waals surface area contributed by atoms with Gasteiger partial charge in [-0.3, -0.25) is 0 Å². The summed E-state index contributed by atoms with van der Waals surface area (Å²) in [5.74, 6) is 2.23. The van der Waals surface area contributed by atoms with Gasteiger partial charge in [0.2, 0.25) is 0 Å². The van der Waals surface area contributed by atoms with Crippen LogP contribution in [0.25, 0.3) is 0 Å². The highest BCUT2D eigenvalue weighted by molar-refractivity contribution is 4.94. The van der Waals surface area contributed by atoms with Gasteiger partial charge in [0, 0.05) is 45.3 Å². The van der Waals surface area contributed by atoms with Crippen LogP contribution < -0.4 is 5.73 Å². The Morgan fingerprint density at radius 3 is 2.19 bits per heavy atom. The van der Waals surface area contributed by atoms with Crippen LogP contribution in [0, 0.1) is 23.2 Å². The van der Waals surface area contributed by atoms with E-state index in [1.165, 1.54) is 52.1 Å². The van der Waals surface area contributed by atoms with Crippen molar-refractivity contribution in [2.45, 2.75) is 53.5 Å². The van der Waals surface area contributed by atoms with Crippen molar-refractivity contribution in [3.05, 3.63) is 0 Å². The molecule has 1 aliphatic heterocycles. The molecule has 3 nitrogen and oxygen atoms in total.